The zero-order valence-electron chi connectivity index (χ0n) is 14.0. The number of nitrogens with one attached hydrogen (secondary N) is 3. The number of anilines is 1. The first kappa shape index (κ1) is 17.1. The molecule has 0 unspecified atom stereocenters. The molecule has 10 nitrogen and oxygen atoms in total. The number of urea groups is 1. The van der Waals surface area contributed by atoms with E-state index in [9.17, 15) is 14.4 Å². The molecule has 10 heteroatoms. The fourth-order valence-electron chi connectivity index (χ4n) is 2.75. The molecule has 0 aliphatic carbocycles. The van der Waals surface area contributed by atoms with Gasteiger partial charge in [-0.2, -0.15) is 5.26 Å². The summed E-state index contributed by atoms with van der Waals surface area (Å²) < 4.78 is 11.7. The number of ether oxygens (including phenoxy) is 2. The molecular formula is C16H15N5O5. The molecule has 26 heavy (non-hydrogen) atoms. The number of hydrogen-bond donors (Lipinski definition) is 3. The predicted octanol–water partition coefficient (Wildman–Crippen LogP) is 0.209. The molecule has 3 N–H and O–H groups in total. The van der Waals surface area contributed by atoms with E-state index in [-0.39, 0.29) is 18.0 Å². The van der Waals surface area contributed by atoms with Crippen molar-refractivity contribution in [2.45, 2.75) is 6.04 Å². The number of carbonyl (C=O) groups is 1. The number of benzene rings is 1. The van der Waals surface area contributed by atoms with Crippen molar-refractivity contribution < 1.29 is 14.3 Å². The Morgan fingerprint density at radius 1 is 1.27 bits per heavy atom. The van der Waals surface area contributed by atoms with Crippen molar-refractivity contribution in [3.05, 3.63) is 50.2 Å². The second kappa shape index (κ2) is 6.64. The molecule has 0 fully saturated rings. The van der Waals surface area contributed by atoms with Crippen LogP contribution < -0.4 is 31.4 Å². The zero-order valence-corrected chi connectivity index (χ0v) is 14.0. The van der Waals surface area contributed by atoms with E-state index in [1.54, 1.807) is 18.2 Å². The summed E-state index contributed by atoms with van der Waals surface area (Å²) in [5, 5.41) is 13.8. The monoisotopic (exact) mass is 357 g/mol. The van der Waals surface area contributed by atoms with Crippen LogP contribution in [0, 0.1) is 11.3 Å². The number of carbonyl (C=O) groups excluding carboxylic acids is 1. The number of nitrogens with zero attached hydrogens (tertiary/aromatic N) is 2. The summed E-state index contributed by atoms with van der Waals surface area (Å²) in [6.45, 7) is -0.148. The lowest BCUT2D eigenvalue weighted by atomic mass is 9.98. The van der Waals surface area contributed by atoms with Gasteiger partial charge in [-0.1, -0.05) is 6.07 Å². The van der Waals surface area contributed by atoms with Crippen molar-refractivity contribution in [2.24, 2.45) is 7.05 Å². The van der Waals surface area contributed by atoms with E-state index in [2.05, 4.69) is 15.6 Å². The third kappa shape index (κ3) is 2.86. The summed E-state index contributed by atoms with van der Waals surface area (Å²) in [7, 11) is 2.88. The van der Waals surface area contributed by atoms with Crippen LogP contribution in [0.4, 0.5) is 10.6 Å². The maximum absolute atomic E-state index is 12.3. The Labute approximate surface area is 147 Å². The summed E-state index contributed by atoms with van der Waals surface area (Å²) in [5.41, 5.74) is -0.497. The number of fused-ring (bicyclic) bond motifs is 1. The normalized spacial score (nSPS) is 15.3. The molecule has 1 aliphatic heterocycles. The van der Waals surface area contributed by atoms with Crippen molar-refractivity contribution in [2.75, 3.05) is 19.0 Å². The Hall–Kier alpha value is -3.74. The highest BCUT2D eigenvalue weighted by atomic mass is 16.5. The summed E-state index contributed by atoms with van der Waals surface area (Å²) in [6, 6.07) is 5.33. The molecular weight excluding hydrogens is 342 g/mol. The minimum atomic E-state index is -0.798. The van der Waals surface area contributed by atoms with Gasteiger partial charge in [0.15, 0.2) is 18.1 Å². The van der Waals surface area contributed by atoms with Crippen LogP contribution >= 0.6 is 0 Å². The van der Waals surface area contributed by atoms with Crippen LogP contribution in [0.25, 0.3) is 0 Å². The van der Waals surface area contributed by atoms with E-state index in [0.29, 0.717) is 17.1 Å². The number of nitriles is 1. The van der Waals surface area contributed by atoms with Crippen molar-refractivity contribution in [3.63, 3.8) is 0 Å². The second-order valence-corrected chi connectivity index (χ2v) is 5.47. The molecule has 1 aromatic carbocycles. The Balaban J connectivity index is 2.13. The second-order valence-electron chi connectivity index (χ2n) is 5.47. The van der Waals surface area contributed by atoms with Gasteiger partial charge < -0.3 is 14.8 Å². The lowest BCUT2D eigenvalue weighted by Gasteiger charge is -2.28. The molecule has 2 heterocycles. The molecule has 1 atom stereocenters. The van der Waals surface area contributed by atoms with Crippen LogP contribution in [0.1, 0.15) is 17.2 Å². The van der Waals surface area contributed by atoms with E-state index >= 15 is 0 Å². The summed E-state index contributed by atoms with van der Waals surface area (Å²) in [5.74, 6) is 0.817. The van der Waals surface area contributed by atoms with Gasteiger partial charge in [-0.25, -0.2) is 9.59 Å². The number of hydrogen-bond acceptors (Lipinski definition) is 6. The number of H-pyrrole nitrogens is 1. The third-order valence-electron chi connectivity index (χ3n) is 3.97. The van der Waals surface area contributed by atoms with Crippen molar-refractivity contribution in [3.8, 4) is 17.6 Å². The van der Waals surface area contributed by atoms with Crippen LogP contribution in [0.3, 0.4) is 0 Å². The molecule has 1 aliphatic rings. The summed E-state index contributed by atoms with van der Waals surface area (Å²) in [4.78, 5) is 38.3. The van der Waals surface area contributed by atoms with Crippen LogP contribution in [0.15, 0.2) is 27.8 Å². The van der Waals surface area contributed by atoms with Crippen LogP contribution in [-0.2, 0) is 7.05 Å². The number of rotatable bonds is 4. The molecule has 1 aromatic heterocycles. The van der Waals surface area contributed by atoms with Gasteiger partial charge in [0.1, 0.15) is 11.9 Å². The largest absolute Gasteiger partial charge is 0.493 e. The third-order valence-corrected chi connectivity index (χ3v) is 3.97. The number of methoxy groups -OCH3 is 1. The fourth-order valence-corrected chi connectivity index (χ4v) is 2.75. The molecule has 0 saturated carbocycles. The number of aromatic amines is 1. The molecule has 3 rings (SSSR count). The smallest absolute Gasteiger partial charge is 0.329 e. The average Bonchev–Trinajstić information content (AvgIpc) is 2.63. The standard InChI is InChI=1S/C16H15N5O5/c1-21-13-11(14(22)20-16(21)24)12(18-15(23)19-13)8-3-4-9(26-6-5-17)10(7-8)25-2/h3-4,7,12H,6H2,1-2H3,(H2,18,19,23)(H,20,22,24)/t12-/m0/s1. The van der Waals surface area contributed by atoms with E-state index in [0.717, 1.165) is 4.57 Å². The Morgan fingerprint density at radius 2 is 2.04 bits per heavy atom. The molecule has 2 aromatic rings. The van der Waals surface area contributed by atoms with E-state index in [1.165, 1.54) is 14.2 Å². The van der Waals surface area contributed by atoms with E-state index in [4.69, 9.17) is 14.7 Å². The molecule has 0 saturated heterocycles. The van der Waals surface area contributed by atoms with E-state index in [1.807, 2.05) is 6.07 Å². The maximum atomic E-state index is 12.3. The van der Waals surface area contributed by atoms with Gasteiger partial charge in [-0.15, -0.1) is 0 Å². The van der Waals surface area contributed by atoms with Crippen molar-refractivity contribution >= 4 is 11.8 Å². The highest BCUT2D eigenvalue weighted by Crippen LogP contribution is 2.34. The highest BCUT2D eigenvalue weighted by molar-refractivity contribution is 5.92. The van der Waals surface area contributed by atoms with Gasteiger partial charge in [0.25, 0.3) is 5.56 Å². The predicted molar refractivity (Wildman–Crippen MR) is 90.4 cm³/mol. The van der Waals surface area contributed by atoms with Crippen LogP contribution in [0.2, 0.25) is 0 Å². The molecule has 0 spiro atoms. The van der Waals surface area contributed by atoms with Gasteiger partial charge in [0.2, 0.25) is 0 Å². The Bertz CT molecular complexity index is 1030. The fraction of sp³-hybridized carbons (Fsp3) is 0.250. The quantitative estimate of drug-likeness (QED) is 0.715. The first-order chi connectivity index (χ1) is 12.5. The minimum Gasteiger partial charge on any atom is -0.493 e. The zero-order chi connectivity index (χ0) is 18.8. The summed E-state index contributed by atoms with van der Waals surface area (Å²) >= 11 is 0. The van der Waals surface area contributed by atoms with Crippen LogP contribution in [0.5, 0.6) is 11.5 Å². The highest BCUT2D eigenvalue weighted by Gasteiger charge is 2.31. The van der Waals surface area contributed by atoms with Gasteiger partial charge in [0, 0.05) is 7.05 Å². The van der Waals surface area contributed by atoms with Gasteiger partial charge in [-0.3, -0.25) is 19.7 Å². The van der Waals surface area contributed by atoms with Gasteiger partial charge >= 0.3 is 11.7 Å². The molecule has 2 amide bonds. The SMILES string of the molecule is COc1cc([C@@H]2NC(=O)Nc3c2c(=O)[nH]c(=O)n3C)ccc1OCC#N. The first-order valence-corrected chi connectivity index (χ1v) is 7.54. The minimum absolute atomic E-state index is 0.122. The lowest BCUT2D eigenvalue weighted by molar-refractivity contribution is 0.248. The summed E-state index contributed by atoms with van der Waals surface area (Å²) in [6.07, 6.45) is 0. The average molecular weight is 357 g/mol. The van der Waals surface area contributed by atoms with E-state index < -0.39 is 23.3 Å². The topological polar surface area (TPSA) is 138 Å². The van der Waals surface area contributed by atoms with Crippen LogP contribution in [-0.4, -0.2) is 29.3 Å². The van der Waals surface area contributed by atoms with Gasteiger partial charge in [0.05, 0.1) is 18.7 Å². The number of aromatic nitrogens is 2. The van der Waals surface area contributed by atoms with Crippen molar-refractivity contribution in [1.29, 1.82) is 5.26 Å². The van der Waals surface area contributed by atoms with Crippen molar-refractivity contribution in [1.82, 2.24) is 14.9 Å². The lowest BCUT2D eigenvalue weighted by Crippen LogP contribution is -2.46. The Kier molecular flexibility index (Phi) is 4.36. The maximum Gasteiger partial charge on any atom is 0.329 e. The molecule has 0 bridgehead atoms. The Morgan fingerprint density at radius 3 is 2.73 bits per heavy atom. The van der Waals surface area contributed by atoms with Gasteiger partial charge in [-0.05, 0) is 17.7 Å². The first-order valence-electron chi connectivity index (χ1n) is 7.54. The molecule has 0 radical (unpaired) electrons. The molecule has 134 valence electrons. The number of amides is 2.